The fourth-order valence-corrected chi connectivity index (χ4v) is 3.31. The number of hydrogen-bond acceptors (Lipinski definition) is 6. The lowest BCUT2D eigenvalue weighted by Gasteiger charge is -2.20. The van der Waals surface area contributed by atoms with Crippen LogP contribution in [0.5, 0.6) is 0 Å². The maximum Gasteiger partial charge on any atom is 0.307 e. The molecule has 0 saturated heterocycles. The van der Waals surface area contributed by atoms with Crippen molar-refractivity contribution in [2.45, 2.75) is 6.92 Å². The van der Waals surface area contributed by atoms with Crippen molar-refractivity contribution in [3.8, 4) is 22.6 Å². The molecule has 3 heterocycles. The van der Waals surface area contributed by atoms with Crippen molar-refractivity contribution >= 4 is 40.0 Å². The van der Waals surface area contributed by atoms with E-state index in [4.69, 9.17) is 32.5 Å². The number of nitrogens with zero attached hydrogens (tertiary/aromatic N) is 2. The molecule has 0 radical (unpaired) electrons. The molecule has 0 saturated carbocycles. The molecule has 0 aliphatic rings. The first-order valence-corrected chi connectivity index (χ1v) is 9.60. The van der Waals surface area contributed by atoms with Gasteiger partial charge in [-0.05, 0) is 37.3 Å². The second kappa shape index (κ2) is 7.88. The van der Waals surface area contributed by atoms with Crippen molar-refractivity contribution in [2.24, 2.45) is 5.73 Å². The van der Waals surface area contributed by atoms with Crippen LogP contribution >= 0.6 is 12.2 Å². The first kappa shape index (κ1) is 19.5. The van der Waals surface area contributed by atoms with E-state index in [1.165, 1.54) is 5.01 Å². The van der Waals surface area contributed by atoms with E-state index in [9.17, 15) is 4.79 Å². The first-order chi connectivity index (χ1) is 14.5. The Morgan fingerprint density at radius 1 is 1.23 bits per heavy atom. The van der Waals surface area contributed by atoms with Crippen molar-refractivity contribution in [1.82, 2.24) is 15.4 Å². The number of carbonyl (C=O) groups is 1. The van der Waals surface area contributed by atoms with Gasteiger partial charge in [-0.25, -0.2) is 4.98 Å². The average Bonchev–Trinajstić information content (AvgIpc) is 3.40. The van der Waals surface area contributed by atoms with Crippen LogP contribution in [0.15, 0.2) is 63.6 Å². The molecule has 0 aliphatic heterocycles. The van der Waals surface area contributed by atoms with Crippen LogP contribution in [0.1, 0.15) is 17.5 Å². The van der Waals surface area contributed by atoms with Gasteiger partial charge in [0.25, 0.3) is 0 Å². The van der Waals surface area contributed by atoms with Crippen LogP contribution in [-0.4, -0.2) is 27.6 Å². The van der Waals surface area contributed by atoms with Crippen molar-refractivity contribution in [1.29, 1.82) is 0 Å². The van der Waals surface area contributed by atoms with Crippen molar-refractivity contribution in [3.63, 3.8) is 0 Å². The average molecular weight is 421 g/mol. The van der Waals surface area contributed by atoms with E-state index in [1.807, 2.05) is 36.4 Å². The molecule has 8 nitrogen and oxygen atoms in total. The zero-order valence-corrected chi connectivity index (χ0v) is 16.9. The van der Waals surface area contributed by atoms with Crippen molar-refractivity contribution in [2.75, 3.05) is 12.3 Å². The van der Waals surface area contributed by atoms with Gasteiger partial charge in [0.1, 0.15) is 5.76 Å². The SMILES string of the molecule is CCN(NC(=O)c1oc2nc(-c3ccccc3)cc(-c3ccco3)c2c1N)C(N)=S. The summed E-state index contributed by atoms with van der Waals surface area (Å²) in [4.78, 5) is 17.4. The predicted molar refractivity (Wildman–Crippen MR) is 118 cm³/mol. The Hall–Kier alpha value is -3.85. The smallest absolute Gasteiger partial charge is 0.307 e. The Morgan fingerprint density at radius 2 is 2.00 bits per heavy atom. The number of benzene rings is 1. The van der Waals surface area contributed by atoms with E-state index >= 15 is 0 Å². The number of thiocarbonyl (C=S) groups is 1. The molecule has 1 aromatic carbocycles. The number of fused-ring (bicyclic) bond motifs is 1. The van der Waals surface area contributed by atoms with E-state index in [0.717, 1.165) is 5.56 Å². The maximum absolute atomic E-state index is 12.8. The number of furan rings is 2. The lowest BCUT2D eigenvalue weighted by molar-refractivity contribution is 0.0848. The van der Waals surface area contributed by atoms with E-state index in [2.05, 4.69) is 10.4 Å². The molecule has 5 N–H and O–H groups in total. The van der Waals surface area contributed by atoms with Crippen LogP contribution in [0.4, 0.5) is 5.69 Å². The lowest BCUT2D eigenvalue weighted by Crippen LogP contribution is -2.48. The van der Waals surface area contributed by atoms with Crippen molar-refractivity contribution < 1.29 is 13.6 Å². The zero-order valence-electron chi connectivity index (χ0n) is 16.1. The van der Waals surface area contributed by atoms with E-state index < -0.39 is 5.91 Å². The summed E-state index contributed by atoms with van der Waals surface area (Å²) in [5, 5.41) is 1.84. The largest absolute Gasteiger partial charge is 0.464 e. The third kappa shape index (κ3) is 3.46. The number of aromatic nitrogens is 1. The number of pyridine rings is 1. The molecule has 0 aliphatic carbocycles. The fraction of sp³-hybridized carbons (Fsp3) is 0.0952. The number of amides is 1. The second-order valence-electron chi connectivity index (χ2n) is 6.45. The minimum Gasteiger partial charge on any atom is -0.464 e. The number of nitrogens with two attached hydrogens (primary N) is 2. The Kier molecular flexibility index (Phi) is 5.11. The highest BCUT2D eigenvalue weighted by Gasteiger charge is 2.25. The topological polar surface area (TPSA) is 124 Å². The molecule has 4 aromatic rings. The Bertz CT molecular complexity index is 1220. The molecule has 0 atom stereocenters. The molecule has 0 spiro atoms. The highest BCUT2D eigenvalue weighted by Crippen LogP contribution is 2.38. The summed E-state index contributed by atoms with van der Waals surface area (Å²) >= 11 is 4.93. The minimum absolute atomic E-state index is 0.0290. The zero-order chi connectivity index (χ0) is 21.3. The molecule has 3 aromatic heterocycles. The number of rotatable bonds is 4. The quantitative estimate of drug-likeness (QED) is 0.338. The van der Waals surface area contributed by atoms with Gasteiger partial charge >= 0.3 is 5.91 Å². The molecule has 30 heavy (non-hydrogen) atoms. The summed E-state index contributed by atoms with van der Waals surface area (Å²) < 4.78 is 11.4. The van der Waals surface area contributed by atoms with Crippen LogP contribution in [-0.2, 0) is 0 Å². The van der Waals surface area contributed by atoms with E-state index in [1.54, 1.807) is 25.3 Å². The number of nitrogens with one attached hydrogen (secondary N) is 1. The van der Waals surface area contributed by atoms with Gasteiger partial charge in [0.05, 0.1) is 23.0 Å². The molecule has 0 bridgehead atoms. The number of hydrazine groups is 1. The van der Waals surface area contributed by atoms with E-state index in [0.29, 0.717) is 28.9 Å². The van der Waals surface area contributed by atoms with Crippen LogP contribution in [0.2, 0.25) is 0 Å². The third-order valence-electron chi connectivity index (χ3n) is 4.58. The van der Waals surface area contributed by atoms with Gasteiger partial charge in [-0.15, -0.1) is 0 Å². The Balaban J connectivity index is 1.88. The highest BCUT2D eigenvalue weighted by molar-refractivity contribution is 7.80. The van der Waals surface area contributed by atoms with E-state index in [-0.39, 0.29) is 22.3 Å². The third-order valence-corrected chi connectivity index (χ3v) is 4.80. The van der Waals surface area contributed by atoms with Crippen LogP contribution < -0.4 is 16.9 Å². The molecule has 9 heteroatoms. The lowest BCUT2D eigenvalue weighted by atomic mass is 10.0. The molecule has 4 rings (SSSR count). The summed E-state index contributed by atoms with van der Waals surface area (Å²) in [7, 11) is 0. The molecular weight excluding hydrogens is 402 g/mol. The van der Waals surface area contributed by atoms with Gasteiger partial charge in [-0.2, -0.15) is 0 Å². The van der Waals surface area contributed by atoms with Gasteiger partial charge in [0.15, 0.2) is 5.11 Å². The highest BCUT2D eigenvalue weighted by atomic mass is 32.1. The van der Waals surface area contributed by atoms with Gasteiger partial charge in [-0.1, -0.05) is 30.3 Å². The maximum atomic E-state index is 12.8. The minimum atomic E-state index is -0.577. The molecule has 1 amide bonds. The number of nitrogen functional groups attached to an aromatic ring is 1. The van der Waals surface area contributed by atoms with Gasteiger partial charge in [0.2, 0.25) is 11.5 Å². The van der Waals surface area contributed by atoms with Gasteiger partial charge < -0.3 is 20.3 Å². The monoisotopic (exact) mass is 421 g/mol. The summed E-state index contributed by atoms with van der Waals surface area (Å²) in [5.74, 6) is -0.0746. The number of hydrogen-bond donors (Lipinski definition) is 3. The Labute approximate surface area is 177 Å². The van der Waals surface area contributed by atoms with Gasteiger partial charge in [-0.3, -0.25) is 15.2 Å². The number of anilines is 1. The fourth-order valence-electron chi connectivity index (χ4n) is 3.14. The molecule has 0 unspecified atom stereocenters. The van der Waals surface area contributed by atoms with Crippen LogP contribution in [0, 0.1) is 0 Å². The van der Waals surface area contributed by atoms with Gasteiger partial charge in [0, 0.05) is 17.7 Å². The molecular formula is C21H19N5O3S. The van der Waals surface area contributed by atoms with Crippen molar-refractivity contribution in [3.05, 3.63) is 60.6 Å². The predicted octanol–water partition coefficient (Wildman–Crippen LogP) is 3.55. The number of carbonyl (C=O) groups excluding carboxylic acids is 1. The summed E-state index contributed by atoms with van der Waals surface area (Å²) in [6, 6.07) is 15.1. The normalized spacial score (nSPS) is 10.8. The summed E-state index contributed by atoms with van der Waals surface area (Å²) in [5.41, 5.74) is 17.1. The summed E-state index contributed by atoms with van der Waals surface area (Å²) in [6.45, 7) is 2.18. The Morgan fingerprint density at radius 3 is 2.63 bits per heavy atom. The molecule has 152 valence electrons. The second-order valence-corrected chi connectivity index (χ2v) is 6.87. The standard InChI is InChI=1S/C21H19N5O3S/c1-2-26(21(23)30)25-19(27)18-17(22)16-13(15-9-6-10-28-15)11-14(24-20(16)29-18)12-7-4-3-5-8-12/h3-11H,2,22H2,1H3,(H2,23,30)(H,25,27). The van der Waals surface area contributed by atoms with Crippen LogP contribution in [0.3, 0.4) is 0 Å². The first-order valence-electron chi connectivity index (χ1n) is 9.19. The van der Waals surface area contributed by atoms with Crippen LogP contribution in [0.25, 0.3) is 33.7 Å². The molecule has 0 fully saturated rings. The summed E-state index contributed by atoms with van der Waals surface area (Å²) in [6.07, 6.45) is 1.56.